The molecule has 2 aliphatic rings. The Labute approximate surface area is 166 Å². The predicted molar refractivity (Wildman–Crippen MR) is 112 cm³/mol. The summed E-state index contributed by atoms with van der Waals surface area (Å²) in [6.07, 6.45) is 7.49. The van der Waals surface area contributed by atoms with Crippen molar-refractivity contribution < 1.29 is 9.53 Å². The molecule has 0 saturated heterocycles. The fourth-order valence-electron chi connectivity index (χ4n) is 4.37. The minimum absolute atomic E-state index is 0.109. The van der Waals surface area contributed by atoms with Crippen LogP contribution in [0.3, 0.4) is 0 Å². The van der Waals surface area contributed by atoms with E-state index in [0.717, 1.165) is 50.3 Å². The number of amides is 1. The molecule has 2 heterocycles. The number of carbonyl (C=O) groups is 1. The third-order valence-corrected chi connectivity index (χ3v) is 5.96. The van der Waals surface area contributed by atoms with Crippen molar-refractivity contribution >= 4 is 23.0 Å². The van der Waals surface area contributed by atoms with Crippen molar-refractivity contribution in [3.05, 3.63) is 42.7 Å². The molecule has 1 N–H and O–H groups in total. The van der Waals surface area contributed by atoms with Gasteiger partial charge < -0.3 is 19.9 Å². The van der Waals surface area contributed by atoms with Gasteiger partial charge in [-0.1, -0.05) is 0 Å². The molecule has 0 radical (unpaired) electrons. The molecule has 6 heteroatoms. The standard InChI is InChI=1S/C22H28N4O2/c1-25-15-26(21-13-19(28-2)7-8-20(21)25)14-16-3-5-17(6-4-16)22(27)24-18-9-11-23-12-10-18/h7-13,16-17H,3-6,14-15H2,1-2H3,(H,23,24,27). The molecule has 1 aromatic heterocycles. The summed E-state index contributed by atoms with van der Waals surface area (Å²) in [7, 11) is 3.84. The monoisotopic (exact) mass is 380 g/mol. The lowest BCUT2D eigenvalue weighted by Crippen LogP contribution is -2.35. The van der Waals surface area contributed by atoms with Crippen LogP contribution in [0, 0.1) is 11.8 Å². The second-order valence-corrected chi connectivity index (χ2v) is 7.86. The van der Waals surface area contributed by atoms with Crippen molar-refractivity contribution in [2.45, 2.75) is 25.7 Å². The Balaban J connectivity index is 1.32. The van der Waals surface area contributed by atoms with E-state index in [1.807, 2.05) is 18.2 Å². The van der Waals surface area contributed by atoms with Gasteiger partial charge in [0, 0.05) is 43.7 Å². The lowest BCUT2D eigenvalue weighted by molar-refractivity contribution is -0.121. The van der Waals surface area contributed by atoms with Gasteiger partial charge in [0.1, 0.15) is 5.75 Å². The van der Waals surface area contributed by atoms with Crippen LogP contribution in [0.2, 0.25) is 0 Å². The Bertz CT molecular complexity index is 819. The minimum atomic E-state index is 0.109. The zero-order valence-electron chi connectivity index (χ0n) is 16.6. The molecule has 0 spiro atoms. The number of pyridine rings is 1. The van der Waals surface area contributed by atoms with E-state index in [2.05, 4.69) is 39.3 Å². The van der Waals surface area contributed by atoms with Gasteiger partial charge in [0.25, 0.3) is 0 Å². The van der Waals surface area contributed by atoms with Crippen molar-refractivity contribution in [1.82, 2.24) is 4.98 Å². The van der Waals surface area contributed by atoms with Gasteiger partial charge in [0.05, 0.1) is 25.2 Å². The Kier molecular flexibility index (Phi) is 5.37. The fourth-order valence-corrected chi connectivity index (χ4v) is 4.37. The summed E-state index contributed by atoms with van der Waals surface area (Å²) in [6, 6.07) is 9.95. The number of aromatic nitrogens is 1. The van der Waals surface area contributed by atoms with Crippen LogP contribution in [0.5, 0.6) is 5.75 Å². The first-order chi connectivity index (χ1) is 13.6. The molecular formula is C22H28N4O2. The van der Waals surface area contributed by atoms with Crippen LogP contribution in [0.1, 0.15) is 25.7 Å². The maximum absolute atomic E-state index is 12.5. The summed E-state index contributed by atoms with van der Waals surface area (Å²) in [5.41, 5.74) is 3.33. The van der Waals surface area contributed by atoms with Crippen molar-refractivity contribution in [2.75, 3.05) is 42.5 Å². The van der Waals surface area contributed by atoms with Crippen molar-refractivity contribution in [3.63, 3.8) is 0 Å². The highest BCUT2D eigenvalue weighted by Gasteiger charge is 2.30. The molecule has 6 nitrogen and oxygen atoms in total. The quantitative estimate of drug-likeness (QED) is 0.856. The molecule has 0 unspecified atom stereocenters. The second kappa shape index (κ2) is 8.09. The molecular weight excluding hydrogens is 352 g/mol. The topological polar surface area (TPSA) is 57.7 Å². The smallest absolute Gasteiger partial charge is 0.227 e. The number of nitrogens with zero attached hydrogens (tertiary/aromatic N) is 3. The fraction of sp³-hybridized carbons (Fsp3) is 0.455. The zero-order chi connectivity index (χ0) is 19.5. The van der Waals surface area contributed by atoms with Gasteiger partial charge in [-0.15, -0.1) is 0 Å². The van der Waals surface area contributed by atoms with E-state index in [1.54, 1.807) is 19.5 Å². The summed E-state index contributed by atoms with van der Waals surface area (Å²) >= 11 is 0. The number of ether oxygens (including phenoxy) is 1. The molecule has 148 valence electrons. The van der Waals surface area contributed by atoms with Gasteiger partial charge in [-0.05, 0) is 55.9 Å². The largest absolute Gasteiger partial charge is 0.497 e. The number of benzene rings is 1. The molecule has 1 saturated carbocycles. The number of anilines is 3. The van der Waals surface area contributed by atoms with Crippen LogP contribution in [-0.2, 0) is 4.79 Å². The predicted octanol–water partition coefficient (Wildman–Crippen LogP) is 3.75. The third-order valence-electron chi connectivity index (χ3n) is 5.96. The van der Waals surface area contributed by atoms with E-state index in [4.69, 9.17) is 4.74 Å². The minimum Gasteiger partial charge on any atom is -0.497 e. The van der Waals surface area contributed by atoms with Crippen molar-refractivity contribution in [2.24, 2.45) is 11.8 Å². The molecule has 1 aromatic carbocycles. The number of carbonyl (C=O) groups excluding carboxylic acids is 1. The van der Waals surface area contributed by atoms with Gasteiger partial charge in [0.15, 0.2) is 0 Å². The first kappa shape index (κ1) is 18.6. The van der Waals surface area contributed by atoms with Gasteiger partial charge in [0.2, 0.25) is 5.91 Å². The molecule has 2 aromatic rings. The van der Waals surface area contributed by atoms with Crippen LogP contribution in [-0.4, -0.2) is 38.3 Å². The summed E-state index contributed by atoms with van der Waals surface area (Å²) in [5.74, 6) is 1.77. The van der Waals surface area contributed by atoms with E-state index < -0.39 is 0 Å². The average Bonchev–Trinajstić information content (AvgIpc) is 3.04. The Morgan fingerprint density at radius 2 is 1.89 bits per heavy atom. The van der Waals surface area contributed by atoms with Crippen LogP contribution in [0.25, 0.3) is 0 Å². The summed E-state index contributed by atoms with van der Waals surface area (Å²) in [6.45, 7) is 1.94. The SMILES string of the molecule is COc1ccc2c(c1)N(CC1CCC(C(=O)Nc3ccncc3)CC1)CN2C. The molecule has 1 fully saturated rings. The molecule has 1 aliphatic carbocycles. The van der Waals surface area contributed by atoms with Crippen LogP contribution >= 0.6 is 0 Å². The average molecular weight is 380 g/mol. The van der Waals surface area contributed by atoms with Gasteiger partial charge in [-0.3, -0.25) is 9.78 Å². The second-order valence-electron chi connectivity index (χ2n) is 7.86. The number of nitrogens with one attached hydrogen (secondary N) is 1. The normalized spacial score (nSPS) is 21.4. The first-order valence-electron chi connectivity index (χ1n) is 9.99. The molecule has 0 bridgehead atoms. The molecule has 0 atom stereocenters. The highest BCUT2D eigenvalue weighted by Crippen LogP contribution is 2.39. The maximum Gasteiger partial charge on any atom is 0.227 e. The number of hydrogen-bond acceptors (Lipinski definition) is 5. The lowest BCUT2D eigenvalue weighted by Gasteiger charge is -2.31. The Morgan fingerprint density at radius 1 is 1.14 bits per heavy atom. The Hall–Kier alpha value is -2.76. The van der Waals surface area contributed by atoms with Gasteiger partial charge >= 0.3 is 0 Å². The zero-order valence-corrected chi connectivity index (χ0v) is 16.6. The van der Waals surface area contributed by atoms with Crippen LogP contribution in [0.4, 0.5) is 17.1 Å². The summed E-state index contributed by atoms with van der Waals surface area (Å²) in [5, 5.41) is 3.02. The van der Waals surface area contributed by atoms with Crippen molar-refractivity contribution in [3.8, 4) is 5.75 Å². The van der Waals surface area contributed by atoms with Gasteiger partial charge in [-0.2, -0.15) is 0 Å². The number of fused-ring (bicyclic) bond motifs is 1. The van der Waals surface area contributed by atoms with E-state index in [9.17, 15) is 4.79 Å². The third kappa shape index (κ3) is 3.91. The van der Waals surface area contributed by atoms with E-state index in [0.29, 0.717) is 5.92 Å². The molecule has 1 aliphatic heterocycles. The molecule has 1 amide bonds. The highest BCUT2D eigenvalue weighted by molar-refractivity contribution is 5.92. The number of methoxy groups -OCH3 is 1. The lowest BCUT2D eigenvalue weighted by atomic mass is 9.81. The van der Waals surface area contributed by atoms with E-state index in [1.165, 1.54) is 11.4 Å². The summed E-state index contributed by atoms with van der Waals surface area (Å²) in [4.78, 5) is 21.2. The van der Waals surface area contributed by atoms with Crippen LogP contribution < -0.4 is 19.9 Å². The first-order valence-corrected chi connectivity index (χ1v) is 9.99. The molecule has 4 rings (SSSR count). The van der Waals surface area contributed by atoms with E-state index >= 15 is 0 Å². The maximum atomic E-state index is 12.5. The molecule has 28 heavy (non-hydrogen) atoms. The highest BCUT2D eigenvalue weighted by atomic mass is 16.5. The van der Waals surface area contributed by atoms with Gasteiger partial charge in [-0.25, -0.2) is 0 Å². The van der Waals surface area contributed by atoms with Crippen molar-refractivity contribution in [1.29, 1.82) is 0 Å². The number of rotatable bonds is 5. The number of hydrogen-bond donors (Lipinski definition) is 1. The summed E-state index contributed by atoms with van der Waals surface area (Å²) < 4.78 is 5.41. The van der Waals surface area contributed by atoms with E-state index in [-0.39, 0.29) is 11.8 Å². The van der Waals surface area contributed by atoms with Crippen LogP contribution in [0.15, 0.2) is 42.7 Å². The Morgan fingerprint density at radius 3 is 2.61 bits per heavy atom.